The lowest BCUT2D eigenvalue weighted by atomic mass is 9.99. The predicted molar refractivity (Wildman–Crippen MR) is 118 cm³/mol. The number of nitro groups is 1. The molecular formula is C22H15Cl2N3O2. The van der Waals surface area contributed by atoms with E-state index in [0.29, 0.717) is 16.6 Å². The standard InChI is InChI=1S/C22H15Cl2N3O2/c23-18-5-1-15(2-6-18)17-13-22(16-3-7-19(24)8-4-16)25-26(14-17)20-9-11-21(12-10-20)27(28)29/h1-13H,14H2. The second-order valence-electron chi connectivity index (χ2n) is 6.50. The van der Waals surface area contributed by atoms with E-state index in [-0.39, 0.29) is 5.69 Å². The van der Waals surface area contributed by atoms with Gasteiger partial charge in [-0.2, -0.15) is 5.10 Å². The van der Waals surface area contributed by atoms with Crippen molar-refractivity contribution in [1.29, 1.82) is 0 Å². The number of hydrogen-bond acceptors (Lipinski definition) is 4. The number of anilines is 1. The molecule has 0 saturated carbocycles. The van der Waals surface area contributed by atoms with Crippen molar-refractivity contribution in [2.24, 2.45) is 5.10 Å². The number of nitrogens with zero attached hydrogens (tertiary/aromatic N) is 3. The van der Waals surface area contributed by atoms with E-state index in [1.807, 2.05) is 59.6 Å². The van der Waals surface area contributed by atoms with E-state index in [2.05, 4.69) is 0 Å². The number of rotatable bonds is 4. The summed E-state index contributed by atoms with van der Waals surface area (Å²) in [4.78, 5) is 10.5. The van der Waals surface area contributed by atoms with Gasteiger partial charge in [0.1, 0.15) is 0 Å². The SMILES string of the molecule is O=[N+]([O-])c1ccc(N2CC(c3ccc(Cl)cc3)=CC(c3ccc(Cl)cc3)=N2)cc1. The minimum atomic E-state index is -0.415. The fraction of sp³-hybridized carbons (Fsp3) is 0.0455. The quantitative estimate of drug-likeness (QED) is 0.370. The summed E-state index contributed by atoms with van der Waals surface area (Å²) in [6, 6.07) is 21.5. The average Bonchev–Trinajstić information content (AvgIpc) is 2.74. The molecule has 0 N–H and O–H groups in total. The van der Waals surface area contributed by atoms with Crippen LogP contribution in [0.15, 0.2) is 84.0 Å². The van der Waals surface area contributed by atoms with Crippen LogP contribution in [0.4, 0.5) is 11.4 Å². The van der Waals surface area contributed by atoms with Gasteiger partial charge in [-0.15, -0.1) is 0 Å². The van der Waals surface area contributed by atoms with Crippen LogP contribution in [0.5, 0.6) is 0 Å². The van der Waals surface area contributed by atoms with Gasteiger partial charge in [-0.3, -0.25) is 15.1 Å². The molecule has 1 aliphatic heterocycles. The maximum atomic E-state index is 11.0. The molecule has 1 heterocycles. The molecule has 0 radical (unpaired) electrons. The van der Waals surface area contributed by atoms with Crippen molar-refractivity contribution in [2.45, 2.75) is 0 Å². The zero-order valence-corrected chi connectivity index (χ0v) is 16.6. The Hall–Kier alpha value is -3.15. The van der Waals surface area contributed by atoms with E-state index in [9.17, 15) is 10.1 Å². The molecule has 1 aliphatic rings. The van der Waals surface area contributed by atoms with Gasteiger partial charge in [-0.25, -0.2) is 0 Å². The van der Waals surface area contributed by atoms with E-state index in [4.69, 9.17) is 28.3 Å². The summed E-state index contributed by atoms with van der Waals surface area (Å²) in [7, 11) is 0. The zero-order valence-electron chi connectivity index (χ0n) is 15.1. The lowest BCUT2D eigenvalue weighted by Gasteiger charge is -2.26. The first-order valence-electron chi connectivity index (χ1n) is 8.83. The second kappa shape index (κ2) is 8.07. The van der Waals surface area contributed by atoms with Gasteiger partial charge >= 0.3 is 0 Å². The van der Waals surface area contributed by atoms with Crippen LogP contribution in [0, 0.1) is 10.1 Å². The molecule has 0 atom stereocenters. The maximum absolute atomic E-state index is 11.0. The van der Waals surface area contributed by atoms with Crippen LogP contribution in [0.3, 0.4) is 0 Å². The maximum Gasteiger partial charge on any atom is 0.269 e. The molecule has 0 bridgehead atoms. The number of allylic oxidation sites excluding steroid dienone is 1. The zero-order chi connectivity index (χ0) is 20.4. The topological polar surface area (TPSA) is 58.7 Å². The molecule has 0 unspecified atom stereocenters. The molecule has 3 aromatic carbocycles. The number of benzene rings is 3. The monoisotopic (exact) mass is 423 g/mol. The Morgan fingerprint density at radius 3 is 1.93 bits per heavy atom. The summed E-state index contributed by atoms with van der Waals surface area (Å²) >= 11 is 12.1. The molecule has 0 amide bonds. The third kappa shape index (κ3) is 4.31. The summed E-state index contributed by atoms with van der Waals surface area (Å²) in [5.74, 6) is 0. The summed E-state index contributed by atoms with van der Waals surface area (Å²) < 4.78 is 0. The third-order valence-electron chi connectivity index (χ3n) is 4.57. The van der Waals surface area contributed by atoms with Crippen LogP contribution in [0.1, 0.15) is 11.1 Å². The van der Waals surface area contributed by atoms with Gasteiger partial charge in [0.25, 0.3) is 5.69 Å². The molecule has 0 saturated heterocycles. The van der Waals surface area contributed by atoms with E-state index < -0.39 is 4.92 Å². The summed E-state index contributed by atoms with van der Waals surface area (Å²) in [5, 5.41) is 18.9. The summed E-state index contributed by atoms with van der Waals surface area (Å²) in [6.45, 7) is 0.524. The first kappa shape index (κ1) is 19.2. The van der Waals surface area contributed by atoms with Gasteiger partial charge < -0.3 is 0 Å². The highest BCUT2D eigenvalue weighted by Gasteiger charge is 2.18. The van der Waals surface area contributed by atoms with Crippen LogP contribution in [-0.4, -0.2) is 17.2 Å². The number of hydrogen-bond donors (Lipinski definition) is 0. The Kier molecular flexibility index (Phi) is 5.34. The molecule has 3 aromatic rings. The lowest BCUT2D eigenvalue weighted by molar-refractivity contribution is -0.384. The van der Waals surface area contributed by atoms with E-state index >= 15 is 0 Å². The largest absolute Gasteiger partial charge is 0.269 e. The van der Waals surface area contributed by atoms with Crippen molar-refractivity contribution in [2.75, 3.05) is 11.6 Å². The Morgan fingerprint density at radius 2 is 1.38 bits per heavy atom. The summed E-state index contributed by atoms with van der Waals surface area (Å²) in [5.41, 5.74) is 4.59. The first-order valence-corrected chi connectivity index (χ1v) is 9.58. The smallest absolute Gasteiger partial charge is 0.260 e. The average molecular weight is 424 g/mol. The molecule has 5 nitrogen and oxygen atoms in total. The molecule has 144 valence electrons. The van der Waals surface area contributed by atoms with E-state index in [1.165, 1.54) is 12.1 Å². The first-order chi connectivity index (χ1) is 14.0. The van der Waals surface area contributed by atoms with E-state index in [1.54, 1.807) is 12.1 Å². The van der Waals surface area contributed by atoms with Gasteiger partial charge in [0.2, 0.25) is 0 Å². The van der Waals surface area contributed by atoms with Crippen molar-refractivity contribution >= 4 is 45.9 Å². The second-order valence-corrected chi connectivity index (χ2v) is 7.37. The number of non-ortho nitro benzene ring substituents is 1. The van der Waals surface area contributed by atoms with Gasteiger partial charge in [-0.1, -0.05) is 47.5 Å². The fourth-order valence-corrected chi connectivity index (χ4v) is 3.31. The van der Waals surface area contributed by atoms with Crippen LogP contribution < -0.4 is 5.01 Å². The minimum Gasteiger partial charge on any atom is -0.260 e. The predicted octanol–water partition coefficient (Wildman–Crippen LogP) is 6.21. The Bertz CT molecular complexity index is 1110. The number of halogens is 2. The third-order valence-corrected chi connectivity index (χ3v) is 5.08. The Labute approximate surface area is 177 Å². The van der Waals surface area contributed by atoms with Crippen molar-refractivity contribution in [3.63, 3.8) is 0 Å². The highest BCUT2D eigenvalue weighted by Crippen LogP contribution is 2.28. The van der Waals surface area contributed by atoms with Crippen molar-refractivity contribution < 1.29 is 4.92 Å². The lowest BCUT2D eigenvalue weighted by Crippen LogP contribution is -2.25. The highest BCUT2D eigenvalue weighted by atomic mass is 35.5. The van der Waals surface area contributed by atoms with Gasteiger partial charge in [0, 0.05) is 27.7 Å². The van der Waals surface area contributed by atoms with E-state index in [0.717, 1.165) is 28.1 Å². The van der Waals surface area contributed by atoms with Gasteiger partial charge in [0.15, 0.2) is 0 Å². The van der Waals surface area contributed by atoms with Crippen molar-refractivity contribution in [3.8, 4) is 0 Å². The van der Waals surface area contributed by atoms with Crippen LogP contribution in [-0.2, 0) is 0 Å². The van der Waals surface area contributed by atoms with Crippen LogP contribution >= 0.6 is 23.2 Å². The Morgan fingerprint density at radius 1 is 0.828 bits per heavy atom. The normalized spacial score (nSPS) is 13.7. The Balaban J connectivity index is 1.75. The number of hydrazone groups is 1. The highest BCUT2D eigenvalue weighted by molar-refractivity contribution is 6.31. The van der Waals surface area contributed by atoms with Gasteiger partial charge in [0.05, 0.1) is 22.9 Å². The molecule has 4 rings (SSSR count). The van der Waals surface area contributed by atoms with Gasteiger partial charge in [-0.05, 0) is 53.6 Å². The molecule has 0 fully saturated rings. The molecule has 0 aromatic heterocycles. The van der Waals surface area contributed by atoms with Crippen LogP contribution in [0.2, 0.25) is 10.0 Å². The molecule has 0 aliphatic carbocycles. The molecule has 29 heavy (non-hydrogen) atoms. The molecular weight excluding hydrogens is 409 g/mol. The molecule has 0 spiro atoms. The van der Waals surface area contributed by atoms with Crippen LogP contribution in [0.25, 0.3) is 5.57 Å². The van der Waals surface area contributed by atoms with Crippen molar-refractivity contribution in [3.05, 3.63) is 110 Å². The number of nitro benzene ring substituents is 1. The fourth-order valence-electron chi connectivity index (χ4n) is 3.06. The minimum absolute atomic E-state index is 0.0427. The molecule has 7 heteroatoms. The van der Waals surface area contributed by atoms with Crippen molar-refractivity contribution in [1.82, 2.24) is 0 Å². The summed E-state index contributed by atoms with van der Waals surface area (Å²) in [6.07, 6.45) is 2.04.